The van der Waals surface area contributed by atoms with Gasteiger partial charge in [-0.2, -0.15) is 0 Å². The summed E-state index contributed by atoms with van der Waals surface area (Å²) in [4.78, 5) is 6.00. The molecule has 1 unspecified atom stereocenters. The van der Waals surface area contributed by atoms with Gasteiger partial charge in [0.05, 0.1) is 16.7 Å². The number of fused-ring (bicyclic) bond motifs is 1. The first kappa shape index (κ1) is 13.6. The maximum absolute atomic E-state index is 4.67. The van der Waals surface area contributed by atoms with Crippen LogP contribution in [0.1, 0.15) is 52.5 Å². The van der Waals surface area contributed by atoms with Crippen LogP contribution in [0.5, 0.6) is 0 Å². The molecule has 1 aliphatic carbocycles. The van der Waals surface area contributed by atoms with E-state index in [-0.39, 0.29) is 6.04 Å². The second kappa shape index (κ2) is 5.57. The second-order valence-corrected chi connectivity index (χ2v) is 7.10. The van der Waals surface area contributed by atoms with E-state index in [0.29, 0.717) is 0 Å². The van der Waals surface area contributed by atoms with E-state index >= 15 is 0 Å². The summed E-state index contributed by atoms with van der Waals surface area (Å²) in [7, 11) is 0. The van der Waals surface area contributed by atoms with Crippen molar-refractivity contribution in [3.8, 4) is 0 Å². The van der Waals surface area contributed by atoms with Gasteiger partial charge in [0.25, 0.3) is 0 Å². The van der Waals surface area contributed by atoms with E-state index in [0.717, 1.165) is 5.01 Å². The third-order valence-electron chi connectivity index (χ3n) is 4.12. The van der Waals surface area contributed by atoms with E-state index in [9.17, 15) is 0 Å². The molecular formula is C17H22N2S. The molecule has 0 bridgehead atoms. The number of nitrogens with zero attached hydrogens (tertiary/aromatic N) is 1. The molecule has 0 radical (unpaired) electrons. The van der Waals surface area contributed by atoms with Gasteiger partial charge < -0.3 is 5.32 Å². The van der Waals surface area contributed by atoms with Crippen molar-refractivity contribution in [2.45, 2.75) is 52.5 Å². The minimum Gasteiger partial charge on any atom is -0.377 e. The smallest absolute Gasteiger partial charge is 0.0901 e. The van der Waals surface area contributed by atoms with Gasteiger partial charge in [0.1, 0.15) is 0 Å². The molecule has 0 aliphatic heterocycles. The van der Waals surface area contributed by atoms with Gasteiger partial charge in [-0.25, -0.2) is 4.98 Å². The Bertz CT molecular complexity index is 615. The summed E-state index contributed by atoms with van der Waals surface area (Å²) in [5.41, 5.74) is 5.55. The van der Waals surface area contributed by atoms with E-state index in [1.165, 1.54) is 53.1 Å². The first-order valence-electron chi connectivity index (χ1n) is 7.46. The monoisotopic (exact) mass is 286 g/mol. The van der Waals surface area contributed by atoms with Crippen LogP contribution < -0.4 is 5.32 Å². The van der Waals surface area contributed by atoms with E-state index < -0.39 is 0 Å². The summed E-state index contributed by atoms with van der Waals surface area (Å²) in [5, 5.41) is 4.84. The first-order chi connectivity index (χ1) is 9.65. The molecule has 2 aromatic rings. The topological polar surface area (TPSA) is 24.9 Å². The maximum Gasteiger partial charge on any atom is 0.0901 e. The number of benzene rings is 1. The van der Waals surface area contributed by atoms with Crippen molar-refractivity contribution in [2.75, 3.05) is 5.32 Å². The fraction of sp³-hybridized carbons (Fsp3) is 0.471. The number of aryl methyl sites for hydroxylation is 3. The molecular weight excluding hydrogens is 264 g/mol. The lowest BCUT2D eigenvalue weighted by Gasteiger charge is -2.22. The average Bonchev–Trinajstić information content (AvgIpc) is 2.78. The normalized spacial score (nSPS) is 15.8. The predicted octanol–water partition coefficient (Wildman–Crippen LogP) is 4.81. The third kappa shape index (κ3) is 2.59. The Morgan fingerprint density at radius 3 is 2.75 bits per heavy atom. The van der Waals surface area contributed by atoms with Crippen LogP contribution in [-0.4, -0.2) is 4.98 Å². The molecule has 1 N–H and O–H groups in total. The number of anilines is 1. The van der Waals surface area contributed by atoms with Crippen molar-refractivity contribution in [3.05, 3.63) is 44.9 Å². The van der Waals surface area contributed by atoms with Gasteiger partial charge >= 0.3 is 0 Å². The fourth-order valence-electron chi connectivity index (χ4n) is 3.16. The average molecular weight is 286 g/mol. The van der Waals surface area contributed by atoms with Crippen LogP contribution in [0.25, 0.3) is 0 Å². The van der Waals surface area contributed by atoms with E-state index in [2.05, 4.69) is 49.3 Å². The quantitative estimate of drug-likeness (QED) is 0.875. The van der Waals surface area contributed by atoms with Crippen molar-refractivity contribution in [3.63, 3.8) is 0 Å². The zero-order chi connectivity index (χ0) is 14.1. The number of hydrogen-bond donors (Lipinski definition) is 1. The minimum absolute atomic E-state index is 0.272. The van der Waals surface area contributed by atoms with Crippen LogP contribution in [-0.2, 0) is 12.8 Å². The lowest BCUT2D eigenvalue weighted by Crippen LogP contribution is -2.12. The van der Waals surface area contributed by atoms with Gasteiger partial charge in [0.15, 0.2) is 0 Å². The molecule has 1 atom stereocenters. The zero-order valence-corrected chi connectivity index (χ0v) is 13.3. The highest BCUT2D eigenvalue weighted by Crippen LogP contribution is 2.31. The molecule has 0 saturated carbocycles. The Kier molecular flexibility index (Phi) is 3.79. The molecule has 3 rings (SSSR count). The molecule has 0 saturated heterocycles. The van der Waals surface area contributed by atoms with Crippen LogP contribution in [0.15, 0.2) is 18.2 Å². The summed E-state index contributed by atoms with van der Waals surface area (Å²) in [6.45, 7) is 6.46. The molecule has 0 amide bonds. The Labute approximate surface area is 125 Å². The summed E-state index contributed by atoms with van der Waals surface area (Å²) in [6, 6.07) is 6.95. The summed E-state index contributed by atoms with van der Waals surface area (Å²) in [5.74, 6) is 0. The van der Waals surface area contributed by atoms with E-state index in [1.807, 2.05) is 0 Å². The SMILES string of the molecule is Cc1nc(C(C)Nc2cccc3c2CCCC3)c(C)s1. The van der Waals surface area contributed by atoms with Crippen molar-refractivity contribution < 1.29 is 0 Å². The number of rotatable bonds is 3. The highest BCUT2D eigenvalue weighted by molar-refractivity contribution is 7.11. The van der Waals surface area contributed by atoms with Crippen LogP contribution in [0.3, 0.4) is 0 Å². The highest BCUT2D eigenvalue weighted by Gasteiger charge is 2.17. The Hall–Kier alpha value is -1.35. The lowest BCUT2D eigenvalue weighted by atomic mass is 9.90. The van der Waals surface area contributed by atoms with Gasteiger partial charge in [-0.1, -0.05) is 12.1 Å². The predicted molar refractivity (Wildman–Crippen MR) is 86.7 cm³/mol. The number of nitrogens with one attached hydrogen (secondary N) is 1. The van der Waals surface area contributed by atoms with E-state index in [1.54, 1.807) is 11.3 Å². The summed E-state index contributed by atoms with van der Waals surface area (Å²) < 4.78 is 0. The van der Waals surface area contributed by atoms with Crippen molar-refractivity contribution in [1.82, 2.24) is 4.98 Å². The van der Waals surface area contributed by atoms with Gasteiger partial charge in [0.2, 0.25) is 0 Å². The Morgan fingerprint density at radius 2 is 2.00 bits per heavy atom. The van der Waals surface area contributed by atoms with Crippen LogP contribution in [0.2, 0.25) is 0 Å². The third-order valence-corrected chi connectivity index (χ3v) is 5.02. The maximum atomic E-state index is 4.67. The number of hydrogen-bond acceptors (Lipinski definition) is 3. The molecule has 1 aliphatic rings. The number of aromatic nitrogens is 1. The number of thiazole rings is 1. The van der Waals surface area contributed by atoms with Crippen LogP contribution in [0.4, 0.5) is 5.69 Å². The summed E-state index contributed by atoms with van der Waals surface area (Å²) >= 11 is 1.79. The zero-order valence-electron chi connectivity index (χ0n) is 12.5. The van der Waals surface area contributed by atoms with Gasteiger partial charge in [0, 0.05) is 10.6 Å². The summed E-state index contributed by atoms with van der Waals surface area (Å²) in [6.07, 6.45) is 5.08. The van der Waals surface area contributed by atoms with Crippen LogP contribution in [0, 0.1) is 13.8 Å². The Morgan fingerprint density at radius 1 is 1.20 bits per heavy atom. The van der Waals surface area contributed by atoms with Crippen molar-refractivity contribution in [1.29, 1.82) is 0 Å². The highest BCUT2D eigenvalue weighted by atomic mass is 32.1. The molecule has 1 aromatic heterocycles. The van der Waals surface area contributed by atoms with Crippen molar-refractivity contribution >= 4 is 17.0 Å². The van der Waals surface area contributed by atoms with Crippen LogP contribution >= 0.6 is 11.3 Å². The lowest BCUT2D eigenvalue weighted by molar-refractivity contribution is 0.684. The molecule has 106 valence electrons. The second-order valence-electron chi connectivity index (χ2n) is 5.69. The molecule has 0 fully saturated rings. The first-order valence-corrected chi connectivity index (χ1v) is 8.28. The van der Waals surface area contributed by atoms with E-state index in [4.69, 9.17) is 0 Å². The Balaban J connectivity index is 1.86. The fourth-order valence-corrected chi connectivity index (χ4v) is 4.08. The molecule has 2 nitrogen and oxygen atoms in total. The molecule has 1 aromatic carbocycles. The molecule has 20 heavy (non-hydrogen) atoms. The van der Waals surface area contributed by atoms with Gasteiger partial charge in [-0.05, 0) is 63.6 Å². The molecule has 0 spiro atoms. The molecule has 1 heterocycles. The minimum atomic E-state index is 0.272. The van der Waals surface area contributed by atoms with Crippen molar-refractivity contribution in [2.24, 2.45) is 0 Å². The molecule has 3 heteroatoms. The van der Waals surface area contributed by atoms with Gasteiger partial charge in [-0.3, -0.25) is 0 Å². The largest absolute Gasteiger partial charge is 0.377 e. The standard InChI is InChI=1S/C17H22N2S/c1-11(17-12(2)20-13(3)19-17)18-16-10-6-8-14-7-4-5-9-15(14)16/h6,8,10-11,18H,4-5,7,9H2,1-3H3. The van der Waals surface area contributed by atoms with Gasteiger partial charge in [-0.15, -0.1) is 11.3 Å².